The van der Waals surface area contributed by atoms with Crippen molar-refractivity contribution < 1.29 is 5.11 Å². The lowest BCUT2D eigenvalue weighted by Gasteiger charge is -2.29. The third-order valence-electron chi connectivity index (χ3n) is 4.92. The molecule has 0 radical (unpaired) electrons. The van der Waals surface area contributed by atoms with E-state index in [4.69, 9.17) is 0 Å². The van der Waals surface area contributed by atoms with Gasteiger partial charge in [0.15, 0.2) is 5.96 Å². The second-order valence-corrected chi connectivity index (χ2v) is 7.68. The van der Waals surface area contributed by atoms with E-state index in [1.165, 1.54) is 32.4 Å². The van der Waals surface area contributed by atoms with Gasteiger partial charge in [-0.25, -0.2) is 4.99 Å². The molecule has 1 aromatic carbocycles. The number of rotatable bonds is 8. The fraction of sp³-hybridized carbons (Fsp3) is 0.667. The molecule has 0 saturated carbocycles. The van der Waals surface area contributed by atoms with Gasteiger partial charge in [0.05, 0.1) is 6.54 Å². The number of guanidine groups is 1. The fourth-order valence-corrected chi connectivity index (χ4v) is 3.38. The van der Waals surface area contributed by atoms with Crippen LogP contribution in [0.1, 0.15) is 45.6 Å². The van der Waals surface area contributed by atoms with Crippen molar-refractivity contribution in [3.8, 4) is 0 Å². The first-order valence-electron chi connectivity index (χ1n) is 10.0. The monoisotopic (exact) mass is 488 g/mol. The molecular formula is C21H37IN4O. The Balaban J connectivity index is 0.00000364. The first-order valence-corrected chi connectivity index (χ1v) is 10.0. The van der Waals surface area contributed by atoms with Gasteiger partial charge in [-0.15, -0.1) is 24.0 Å². The molecule has 0 aromatic heterocycles. The highest BCUT2D eigenvalue weighted by Crippen LogP contribution is 2.20. The lowest BCUT2D eigenvalue weighted by molar-refractivity contribution is 0.0672. The highest BCUT2D eigenvalue weighted by Gasteiger charge is 2.22. The van der Waals surface area contributed by atoms with Crippen molar-refractivity contribution in [2.45, 2.75) is 45.6 Å². The van der Waals surface area contributed by atoms with Gasteiger partial charge >= 0.3 is 0 Å². The summed E-state index contributed by atoms with van der Waals surface area (Å²) >= 11 is 0. The van der Waals surface area contributed by atoms with Crippen molar-refractivity contribution in [1.82, 2.24) is 15.5 Å². The SMILES string of the molecule is CCNC(=NCC(C)(O)c1ccccc1)NCC(C)CN1CCCCC1.I. The topological polar surface area (TPSA) is 59.9 Å². The molecule has 6 heteroatoms. The molecule has 0 amide bonds. The van der Waals surface area contributed by atoms with E-state index in [0.29, 0.717) is 12.5 Å². The van der Waals surface area contributed by atoms with Crippen molar-refractivity contribution in [1.29, 1.82) is 0 Å². The smallest absolute Gasteiger partial charge is 0.191 e. The molecule has 27 heavy (non-hydrogen) atoms. The number of likely N-dealkylation sites (tertiary alicyclic amines) is 1. The van der Waals surface area contributed by atoms with Crippen molar-refractivity contribution in [2.24, 2.45) is 10.9 Å². The summed E-state index contributed by atoms with van der Waals surface area (Å²) in [7, 11) is 0. The zero-order chi connectivity index (χ0) is 18.8. The van der Waals surface area contributed by atoms with Crippen LogP contribution in [-0.4, -0.2) is 55.2 Å². The molecule has 0 bridgehead atoms. The summed E-state index contributed by atoms with van der Waals surface area (Å²) in [5, 5.41) is 17.4. The van der Waals surface area contributed by atoms with E-state index in [1.54, 1.807) is 0 Å². The summed E-state index contributed by atoms with van der Waals surface area (Å²) in [6.45, 7) is 11.8. The number of hydrogen-bond acceptors (Lipinski definition) is 3. The number of benzene rings is 1. The summed E-state index contributed by atoms with van der Waals surface area (Å²) in [5.74, 6) is 1.33. The molecule has 0 aliphatic carbocycles. The molecule has 1 saturated heterocycles. The fourth-order valence-electron chi connectivity index (χ4n) is 3.38. The molecule has 3 N–H and O–H groups in total. The van der Waals surface area contributed by atoms with Gasteiger partial charge in [0.1, 0.15) is 5.60 Å². The minimum atomic E-state index is -0.969. The van der Waals surface area contributed by atoms with E-state index in [2.05, 4.69) is 34.4 Å². The molecule has 2 unspecified atom stereocenters. The number of aliphatic imine (C=N–C) groups is 1. The maximum atomic E-state index is 10.7. The van der Waals surface area contributed by atoms with E-state index < -0.39 is 5.60 Å². The van der Waals surface area contributed by atoms with E-state index in [1.807, 2.05) is 37.3 Å². The second-order valence-electron chi connectivity index (χ2n) is 7.68. The average molecular weight is 488 g/mol. The van der Waals surface area contributed by atoms with Crippen LogP contribution in [0.25, 0.3) is 0 Å². The van der Waals surface area contributed by atoms with E-state index in [0.717, 1.165) is 31.2 Å². The van der Waals surface area contributed by atoms with Crippen LogP contribution in [0.2, 0.25) is 0 Å². The molecule has 1 aliphatic heterocycles. The summed E-state index contributed by atoms with van der Waals surface area (Å²) in [6, 6.07) is 9.73. The molecule has 0 spiro atoms. The minimum absolute atomic E-state index is 0. The second kappa shape index (κ2) is 12.6. The Labute approximate surface area is 182 Å². The summed E-state index contributed by atoms with van der Waals surface area (Å²) in [6.07, 6.45) is 4.04. The van der Waals surface area contributed by atoms with Gasteiger partial charge in [0, 0.05) is 19.6 Å². The van der Waals surface area contributed by atoms with Crippen LogP contribution in [0.5, 0.6) is 0 Å². The van der Waals surface area contributed by atoms with Crippen molar-refractivity contribution in [2.75, 3.05) is 39.3 Å². The molecule has 1 heterocycles. The third kappa shape index (κ3) is 8.79. The number of nitrogens with zero attached hydrogens (tertiary/aromatic N) is 2. The standard InChI is InChI=1S/C21H36N4O.HI/c1-4-22-20(23-15-18(2)16-25-13-9-6-10-14-25)24-17-21(3,26)19-11-7-5-8-12-19;/h5,7-8,11-12,18,26H,4,6,9-10,13-17H2,1-3H3,(H2,22,23,24);1H. The predicted octanol–water partition coefficient (Wildman–Crippen LogP) is 3.19. The third-order valence-corrected chi connectivity index (χ3v) is 4.92. The zero-order valence-corrected chi connectivity index (χ0v) is 19.4. The number of aliphatic hydroxyl groups is 1. The Hall–Kier alpha value is -0.860. The lowest BCUT2D eigenvalue weighted by atomic mass is 9.96. The zero-order valence-electron chi connectivity index (χ0n) is 17.1. The average Bonchev–Trinajstić information content (AvgIpc) is 2.65. The van der Waals surface area contributed by atoms with Crippen molar-refractivity contribution >= 4 is 29.9 Å². The first kappa shape index (κ1) is 24.2. The largest absolute Gasteiger partial charge is 0.384 e. The highest BCUT2D eigenvalue weighted by molar-refractivity contribution is 14.0. The lowest BCUT2D eigenvalue weighted by Crippen LogP contribution is -2.43. The number of nitrogens with one attached hydrogen (secondary N) is 2. The van der Waals surface area contributed by atoms with Crippen LogP contribution < -0.4 is 10.6 Å². The van der Waals surface area contributed by atoms with Crippen LogP contribution in [0.4, 0.5) is 0 Å². The van der Waals surface area contributed by atoms with E-state index in [-0.39, 0.29) is 24.0 Å². The number of halogens is 1. The predicted molar refractivity (Wildman–Crippen MR) is 125 cm³/mol. The van der Waals surface area contributed by atoms with Crippen LogP contribution >= 0.6 is 24.0 Å². The van der Waals surface area contributed by atoms with E-state index in [9.17, 15) is 5.11 Å². The quantitative estimate of drug-likeness (QED) is 0.299. The van der Waals surface area contributed by atoms with Crippen molar-refractivity contribution in [3.63, 3.8) is 0 Å². The van der Waals surface area contributed by atoms with Crippen molar-refractivity contribution in [3.05, 3.63) is 35.9 Å². The van der Waals surface area contributed by atoms with Gasteiger partial charge in [-0.05, 0) is 51.3 Å². The Morgan fingerprint density at radius 1 is 1.19 bits per heavy atom. The van der Waals surface area contributed by atoms with Gasteiger partial charge in [-0.3, -0.25) is 0 Å². The molecule has 1 fully saturated rings. The van der Waals surface area contributed by atoms with Gasteiger partial charge in [-0.1, -0.05) is 43.7 Å². The number of piperidine rings is 1. The first-order chi connectivity index (χ1) is 12.5. The van der Waals surface area contributed by atoms with Crippen LogP contribution in [0, 0.1) is 5.92 Å². The summed E-state index contributed by atoms with van der Waals surface area (Å²) in [4.78, 5) is 7.18. The number of hydrogen-bond donors (Lipinski definition) is 3. The maximum absolute atomic E-state index is 10.7. The van der Waals surface area contributed by atoms with Gasteiger partial charge < -0.3 is 20.6 Å². The normalized spacial score (nSPS) is 18.9. The molecule has 5 nitrogen and oxygen atoms in total. The Bertz CT molecular complexity index is 544. The molecular weight excluding hydrogens is 451 g/mol. The van der Waals surface area contributed by atoms with Gasteiger partial charge in [0.2, 0.25) is 0 Å². The Morgan fingerprint density at radius 3 is 2.48 bits per heavy atom. The Kier molecular flexibility index (Phi) is 11.3. The minimum Gasteiger partial charge on any atom is -0.384 e. The van der Waals surface area contributed by atoms with Crippen LogP contribution in [0.3, 0.4) is 0 Å². The maximum Gasteiger partial charge on any atom is 0.191 e. The van der Waals surface area contributed by atoms with E-state index >= 15 is 0 Å². The molecule has 1 aromatic rings. The molecule has 1 aliphatic rings. The van der Waals surface area contributed by atoms with Gasteiger partial charge in [0.25, 0.3) is 0 Å². The Morgan fingerprint density at radius 2 is 1.85 bits per heavy atom. The molecule has 2 atom stereocenters. The molecule has 2 rings (SSSR count). The van der Waals surface area contributed by atoms with Crippen LogP contribution in [-0.2, 0) is 5.60 Å². The molecule has 154 valence electrons. The summed E-state index contributed by atoms with van der Waals surface area (Å²) in [5.41, 5.74) is -0.0821. The van der Waals surface area contributed by atoms with Gasteiger partial charge in [-0.2, -0.15) is 0 Å². The summed E-state index contributed by atoms with van der Waals surface area (Å²) < 4.78 is 0. The van der Waals surface area contributed by atoms with Crippen LogP contribution in [0.15, 0.2) is 35.3 Å². The highest BCUT2D eigenvalue weighted by atomic mass is 127.